The molecule has 4 rings (SSSR count). The number of nitrogens with two attached hydrogens (primary N) is 1. The Morgan fingerprint density at radius 2 is 2.06 bits per heavy atom. The molecule has 0 saturated heterocycles. The van der Waals surface area contributed by atoms with Gasteiger partial charge in [0.1, 0.15) is 6.33 Å². The molecule has 194 valence electrons. The van der Waals surface area contributed by atoms with Crippen LogP contribution in [0.3, 0.4) is 0 Å². The van der Waals surface area contributed by atoms with Crippen LogP contribution in [-0.2, 0) is 33.6 Å². The van der Waals surface area contributed by atoms with E-state index in [0.717, 1.165) is 6.20 Å². The van der Waals surface area contributed by atoms with Crippen molar-refractivity contribution in [2.75, 3.05) is 6.61 Å². The highest BCUT2D eigenvalue weighted by atomic mass is 32.2. The predicted octanol–water partition coefficient (Wildman–Crippen LogP) is 2.18. The van der Waals surface area contributed by atoms with E-state index in [1.165, 1.54) is 18.7 Å². The molecule has 3 heterocycles. The first-order valence-electron chi connectivity index (χ1n) is 10.8. The maximum absolute atomic E-state index is 13.2. The number of aliphatic hydroxyl groups is 1. The zero-order valence-corrected chi connectivity index (χ0v) is 20.3. The maximum atomic E-state index is 13.2. The largest absolute Gasteiger partial charge is 0.443 e. The van der Waals surface area contributed by atoms with Crippen LogP contribution >= 0.6 is 11.3 Å². The Morgan fingerprint density at radius 1 is 1.28 bits per heavy atom. The topological polar surface area (TPSA) is 150 Å². The number of hydrogen-bond donors (Lipinski definition) is 2. The van der Waals surface area contributed by atoms with Crippen LogP contribution in [0.1, 0.15) is 44.3 Å². The van der Waals surface area contributed by atoms with Gasteiger partial charge in [-0.3, -0.25) is 8.98 Å². The molecule has 1 saturated carbocycles. The molecule has 3 N–H and O–H groups in total. The summed E-state index contributed by atoms with van der Waals surface area (Å²) in [4.78, 5) is 25.2. The number of hydrogen-bond acceptors (Lipinski definition) is 9. The first kappa shape index (κ1) is 26.3. The minimum absolute atomic E-state index is 0.0747. The van der Waals surface area contributed by atoms with Crippen LogP contribution in [0, 0.1) is 11.8 Å². The van der Waals surface area contributed by atoms with Gasteiger partial charge in [0.15, 0.2) is 10.8 Å². The van der Waals surface area contributed by atoms with E-state index in [1.54, 1.807) is 16.8 Å². The summed E-state index contributed by atoms with van der Waals surface area (Å²) < 4.78 is 66.6. The molecule has 0 aromatic carbocycles. The van der Waals surface area contributed by atoms with Crippen molar-refractivity contribution in [1.82, 2.24) is 19.5 Å². The summed E-state index contributed by atoms with van der Waals surface area (Å²) >= 11 is 0.542. The number of thiazole rings is 1. The van der Waals surface area contributed by atoms with E-state index in [1.807, 2.05) is 0 Å². The number of ketones is 1. The Labute approximate surface area is 208 Å². The lowest BCUT2D eigenvalue weighted by Gasteiger charge is -2.13. The van der Waals surface area contributed by atoms with E-state index in [9.17, 15) is 31.5 Å². The number of alkyl halides is 3. The van der Waals surface area contributed by atoms with Gasteiger partial charge in [0, 0.05) is 41.1 Å². The first-order valence-corrected chi connectivity index (χ1v) is 13.0. The van der Waals surface area contributed by atoms with Gasteiger partial charge in [-0.2, -0.15) is 21.6 Å². The minimum atomic E-state index is -4.50. The first-order chi connectivity index (χ1) is 16.9. The molecule has 1 aliphatic carbocycles. The predicted molar refractivity (Wildman–Crippen MR) is 121 cm³/mol. The average molecular weight is 546 g/mol. The van der Waals surface area contributed by atoms with Gasteiger partial charge in [0.2, 0.25) is 0 Å². The number of carbonyl (C=O) groups is 1. The summed E-state index contributed by atoms with van der Waals surface area (Å²) in [6.07, 6.45) is 2.90. The third-order valence-electron chi connectivity index (χ3n) is 5.87. The van der Waals surface area contributed by atoms with Gasteiger partial charge in [0.25, 0.3) is 0 Å². The second kappa shape index (κ2) is 10.3. The zero-order chi connectivity index (χ0) is 26.1. The zero-order valence-electron chi connectivity index (χ0n) is 18.6. The van der Waals surface area contributed by atoms with Crippen molar-refractivity contribution in [3.63, 3.8) is 0 Å². The van der Waals surface area contributed by atoms with Crippen LogP contribution in [0.15, 0.2) is 37.2 Å². The maximum Gasteiger partial charge on any atom is 0.443 e. The van der Waals surface area contributed by atoms with Crippen LogP contribution < -0.4 is 5.14 Å². The molecule has 0 amide bonds. The fourth-order valence-electron chi connectivity index (χ4n) is 4.24. The highest BCUT2D eigenvalue weighted by molar-refractivity contribution is 7.84. The molecule has 1 aliphatic rings. The van der Waals surface area contributed by atoms with Crippen molar-refractivity contribution in [2.45, 2.75) is 38.1 Å². The van der Waals surface area contributed by atoms with Crippen LogP contribution in [0.2, 0.25) is 0 Å². The van der Waals surface area contributed by atoms with Gasteiger partial charge in [0.05, 0.1) is 30.5 Å². The third kappa shape index (κ3) is 6.53. The molecule has 3 aromatic rings. The molecule has 10 nitrogen and oxygen atoms in total. The number of halogens is 3. The van der Waals surface area contributed by atoms with E-state index in [2.05, 4.69) is 19.1 Å². The molecule has 0 spiro atoms. The van der Waals surface area contributed by atoms with Gasteiger partial charge in [-0.25, -0.2) is 20.1 Å². The van der Waals surface area contributed by atoms with Crippen molar-refractivity contribution in [2.24, 2.45) is 17.0 Å². The lowest BCUT2D eigenvalue weighted by Crippen LogP contribution is -2.24. The summed E-state index contributed by atoms with van der Waals surface area (Å²) in [5.41, 5.74) is 1.06. The van der Waals surface area contributed by atoms with Crippen LogP contribution in [-0.4, -0.2) is 51.5 Å². The van der Waals surface area contributed by atoms with Gasteiger partial charge in [-0.05, 0) is 31.2 Å². The summed E-state index contributed by atoms with van der Waals surface area (Å²) in [6.45, 7) is -0.106. The van der Waals surface area contributed by atoms with Gasteiger partial charge >= 0.3 is 16.5 Å². The van der Waals surface area contributed by atoms with Crippen molar-refractivity contribution in [3.8, 4) is 0 Å². The highest BCUT2D eigenvalue weighted by Gasteiger charge is 2.35. The van der Waals surface area contributed by atoms with Crippen molar-refractivity contribution < 1.29 is 35.7 Å². The van der Waals surface area contributed by atoms with E-state index in [4.69, 9.17) is 5.14 Å². The number of aliphatic hydroxyl groups excluding tert-OH is 1. The Morgan fingerprint density at radius 3 is 2.75 bits per heavy atom. The van der Waals surface area contributed by atoms with Crippen molar-refractivity contribution in [3.05, 3.63) is 63.9 Å². The Balaban J connectivity index is 1.43. The van der Waals surface area contributed by atoms with Gasteiger partial charge < -0.3 is 9.67 Å². The summed E-state index contributed by atoms with van der Waals surface area (Å²) in [6, 6.07) is 1.56. The Kier molecular flexibility index (Phi) is 7.56. The standard InChI is InChI=1S/C21H22F3N5O5S2/c22-21(23,24)20-27-6-15(35-20)9-29-2-1-13(8-29)19(31)16-7-26-11-28-17(16)4-12-3-14(18(30)5-12)10-34-36(25,32)33/h1-2,6-8,11-12,14,18,30H,3-5,9-10H2,(H2,25,32,33)/t12-,14+,18-/m0/s1. The van der Waals surface area contributed by atoms with Crippen LogP contribution in [0.5, 0.6) is 0 Å². The summed E-state index contributed by atoms with van der Waals surface area (Å²) in [7, 11) is -4.11. The monoisotopic (exact) mass is 545 g/mol. The molecular weight excluding hydrogens is 523 g/mol. The molecule has 0 radical (unpaired) electrons. The van der Waals surface area contributed by atoms with E-state index in [0.29, 0.717) is 46.7 Å². The second-order valence-electron chi connectivity index (χ2n) is 8.56. The Hall–Kier alpha value is -2.72. The molecule has 36 heavy (non-hydrogen) atoms. The molecule has 15 heteroatoms. The molecule has 0 aliphatic heterocycles. The van der Waals surface area contributed by atoms with Gasteiger partial charge in [-0.1, -0.05) is 0 Å². The fourth-order valence-corrected chi connectivity index (χ4v) is 5.40. The number of carbonyl (C=O) groups excluding carboxylic acids is 1. The fraction of sp³-hybridized carbons (Fsp3) is 0.429. The van der Waals surface area contributed by atoms with Crippen molar-refractivity contribution >= 4 is 27.4 Å². The lowest BCUT2D eigenvalue weighted by atomic mass is 9.95. The van der Waals surface area contributed by atoms with Crippen LogP contribution in [0.4, 0.5) is 13.2 Å². The molecular formula is C21H22F3N5O5S2. The highest BCUT2D eigenvalue weighted by Crippen LogP contribution is 2.35. The van der Waals surface area contributed by atoms with E-state index in [-0.39, 0.29) is 30.4 Å². The summed E-state index contributed by atoms with van der Waals surface area (Å²) in [5.74, 6) is -0.848. The molecule has 1 fully saturated rings. The third-order valence-corrected chi connectivity index (χ3v) is 7.36. The van der Waals surface area contributed by atoms with E-state index < -0.39 is 33.5 Å². The summed E-state index contributed by atoms with van der Waals surface area (Å²) in [5, 5.41) is 14.2. The van der Waals surface area contributed by atoms with Crippen LogP contribution in [0.25, 0.3) is 0 Å². The SMILES string of the molecule is NS(=O)(=O)OC[C@H]1C[C@@H](Cc2ncncc2C(=O)c2ccn(Cc3cnc(C(F)(F)F)s3)c2)C[C@@H]1O. The second-order valence-corrected chi connectivity index (χ2v) is 10.9. The van der Waals surface area contributed by atoms with Gasteiger partial charge in [-0.15, -0.1) is 11.3 Å². The normalized spacial score (nSPS) is 20.6. The molecule has 3 aromatic heterocycles. The minimum Gasteiger partial charge on any atom is -0.393 e. The van der Waals surface area contributed by atoms with Crippen molar-refractivity contribution in [1.29, 1.82) is 0 Å². The number of aromatic nitrogens is 4. The quantitative estimate of drug-likeness (QED) is 0.389. The average Bonchev–Trinajstić information content (AvgIpc) is 3.52. The number of rotatable bonds is 9. The lowest BCUT2D eigenvalue weighted by molar-refractivity contribution is -0.137. The Bertz CT molecular complexity index is 1340. The van der Waals surface area contributed by atoms with E-state index >= 15 is 0 Å². The molecule has 3 atom stereocenters. The number of nitrogens with zero attached hydrogens (tertiary/aromatic N) is 4. The molecule has 0 unspecified atom stereocenters. The molecule has 0 bridgehead atoms. The smallest absolute Gasteiger partial charge is 0.393 e.